The zero-order valence-corrected chi connectivity index (χ0v) is 12.4. The molecule has 1 aromatic carbocycles. The highest BCUT2D eigenvalue weighted by Gasteiger charge is 2.19. The number of nitrogens with zero attached hydrogens (tertiary/aromatic N) is 3. The van der Waals surface area contributed by atoms with Crippen molar-refractivity contribution in [2.45, 2.75) is 26.7 Å². The van der Waals surface area contributed by atoms with Crippen LogP contribution in [0.4, 0.5) is 11.5 Å². The van der Waals surface area contributed by atoms with Crippen molar-refractivity contribution in [1.29, 1.82) is 0 Å². The number of aromatic nitrogens is 1. The highest BCUT2D eigenvalue weighted by molar-refractivity contribution is 5.86. The Kier molecular flexibility index (Phi) is 3.49. The fourth-order valence-corrected chi connectivity index (χ4v) is 3.04. The van der Waals surface area contributed by atoms with Crippen molar-refractivity contribution in [1.82, 2.24) is 4.98 Å². The van der Waals surface area contributed by atoms with Gasteiger partial charge in [-0.2, -0.15) is 0 Å². The zero-order valence-electron chi connectivity index (χ0n) is 12.4. The van der Waals surface area contributed by atoms with Gasteiger partial charge >= 0.3 is 0 Å². The monoisotopic (exact) mass is 285 g/mol. The van der Waals surface area contributed by atoms with Crippen molar-refractivity contribution < 1.29 is 4.92 Å². The first-order chi connectivity index (χ1) is 10.0. The van der Waals surface area contributed by atoms with Crippen LogP contribution in [0.3, 0.4) is 0 Å². The maximum Gasteiger partial charge on any atom is 0.270 e. The van der Waals surface area contributed by atoms with E-state index in [1.165, 1.54) is 18.9 Å². The summed E-state index contributed by atoms with van der Waals surface area (Å²) >= 11 is 0. The van der Waals surface area contributed by atoms with Gasteiger partial charge in [0.2, 0.25) is 0 Å². The van der Waals surface area contributed by atoms with E-state index < -0.39 is 0 Å². The number of non-ortho nitro benzene ring substituents is 1. The van der Waals surface area contributed by atoms with Crippen molar-refractivity contribution in [2.24, 2.45) is 5.92 Å². The summed E-state index contributed by atoms with van der Waals surface area (Å²) < 4.78 is 0. The van der Waals surface area contributed by atoms with Crippen LogP contribution in [0.25, 0.3) is 10.9 Å². The number of pyridine rings is 1. The van der Waals surface area contributed by atoms with Crippen molar-refractivity contribution in [3.8, 4) is 0 Å². The molecule has 2 aromatic rings. The van der Waals surface area contributed by atoms with E-state index >= 15 is 0 Å². The molecule has 1 saturated heterocycles. The van der Waals surface area contributed by atoms with E-state index in [0.29, 0.717) is 5.92 Å². The summed E-state index contributed by atoms with van der Waals surface area (Å²) in [4.78, 5) is 17.5. The number of rotatable bonds is 2. The lowest BCUT2D eigenvalue weighted by Gasteiger charge is -2.32. The fraction of sp³-hybridized carbons (Fsp3) is 0.438. The van der Waals surface area contributed by atoms with Gasteiger partial charge in [0.15, 0.2) is 0 Å². The van der Waals surface area contributed by atoms with Gasteiger partial charge in [-0.05, 0) is 43.4 Å². The van der Waals surface area contributed by atoms with Gasteiger partial charge in [0.25, 0.3) is 5.69 Å². The average Bonchev–Trinajstić information content (AvgIpc) is 2.46. The zero-order chi connectivity index (χ0) is 15.0. The Morgan fingerprint density at radius 2 is 2.19 bits per heavy atom. The predicted molar refractivity (Wildman–Crippen MR) is 83.7 cm³/mol. The molecular formula is C16H19N3O2. The maximum atomic E-state index is 10.9. The number of benzene rings is 1. The largest absolute Gasteiger partial charge is 0.356 e. The Hall–Kier alpha value is -2.17. The lowest BCUT2D eigenvalue weighted by molar-refractivity contribution is -0.384. The third kappa shape index (κ3) is 2.68. The summed E-state index contributed by atoms with van der Waals surface area (Å²) in [5.74, 6) is 1.67. The van der Waals surface area contributed by atoms with Crippen molar-refractivity contribution in [2.75, 3.05) is 18.0 Å². The first kappa shape index (κ1) is 13.8. The smallest absolute Gasteiger partial charge is 0.270 e. The molecule has 0 unspecified atom stereocenters. The molecule has 0 N–H and O–H groups in total. The third-order valence-electron chi connectivity index (χ3n) is 4.18. The number of anilines is 1. The number of piperidine rings is 1. The molecule has 0 aliphatic carbocycles. The minimum absolute atomic E-state index is 0.117. The first-order valence-electron chi connectivity index (χ1n) is 7.35. The van der Waals surface area contributed by atoms with Crippen LogP contribution in [0.2, 0.25) is 0 Å². The number of hydrogen-bond donors (Lipinski definition) is 0. The number of hydrogen-bond acceptors (Lipinski definition) is 4. The number of fused-ring (bicyclic) bond motifs is 1. The van der Waals surface area contributed by atoms with E-state index in [1.807, 2.05) is 13.0 Å². The molecule has 1 fully saturated rings. The normalized spacial score (nSPS) is 19.0. The minimum atomic E-state index is -0.362. The van der Waals surface area contributed by atoms with Gasteiger partial charge in [-0.15, -0.1) is 0 Å². The Balaban J connectivity index is 2.03. The number of nitro groups is 1. The molecule has 5 heteroatoms. The molecule has 21 heavy (non-hydrogen) atoms. The van der Waals surface area contributed by atoms with Crippen LogP contribution in [-0.4, -0.2) is 23.0 Å². The van der Waals surface area contributed by atoms with E-state index in [0.717, 1.165) is 35.4 Å². The van der Waals surface area contributed by atoms with Crippen molar-refractivity contribution in [3.63, 3.8) is 0 Å². The topological polar surface area (TPSA) is 59.3 Å². The highest BCUT2D eigenvalue weighted by atomic mass is 16.6. The van der Waals surface area contributed by atoms with Gasteiger partial charge in [0, 0.05) is 30.6 Å². The van der Waals surface area contributed by atoms with E-state index in [4.69, 9.17) is 4.98 Å². The molecular weight excluding hydrogens is 266 g/mol. The second-order valence-corrected chi connectivity index (χ2v) is 5.95. The maximum absolute atomic E-state index is 10.9. The molecule has 110 valence electrons. The molecule has 1 aliphatic heterocycles. The summed E-state index contributed by atoms with van der Waals surface area (Å²) in [7, 11) is 0. The molecule has 1 atom stereocenters. The second kappa shape index (κ2) is 5.31. The number of nitro benzene ring substituents is 1. The number of aryl methyl sites for hydroxylation is 1. The van der Waals surface area contributed by atoms with Crippen molar-refractivity contribution in [3.05, 3.63) is 39.9 Å². The fourth-order valence-electron chi connectivity index (χ4n) is 3.04. The van der Waals surface area contributed by atoms with Gasteiger partial charge in [0.05, 0.1) is 10.4 Å². The Morgan fingerprint density at radius 1 is 1.38 bits per heavy atom. The summed E-state index contributed by atoms with van der Waals surface area (Å²) in [6, 6.07) is 6.93. The van der Waals surface area contributed by atoms with Crippen LogP contribution in [0, 0.1) is 23.0 Å². The Morgan fingerprint density at radius 3 is 2.90 bits per heavy atom. The molecule has 0 radical (unpaired) electrons. The van der Waals surface area contributed by atoms with E-state index in [2.05, 4.69) is 11.8 Å². The lowest BCUT2D eigenvalue weighted by atomic mass is 10.00. The van der Waals surface area contributed by atoms with E-state index in [9.17, 15) is 10.1 Å². The molecule has 0 bridgehead atoms. The molecule has 1 aromatic heterocycles. The SMILES string of the molecule is Cc1cc(N2CCC[C@@H](C)C2)nc2ccc([N+](=O)[O-])cc12. The van der Waals surface area contributed by atoms with Gasteiger partial charge in [-0.1, -0.05) is 6.92 Å². The van der Waals surface area contributed by atoms with Crippen LogP contribution < -0.4 is 4.90 Å². The molecule has 0 amide bonds. The third-order valence-corrected chi connectivity index (χ3v) is 4.18. The minimum Gasteiger partial charge on any atom is -0.356 e. The van der Waals surface area contributed by atoms with Crippen LogP contribution in [0.5, 0.6) is 0 Å². The van der Waals surface area contributed by atoms with Crippen LogP contribution in [-0.2, 0) is 0 Å². The Bertz CT molecular complexity index is 699. The molecule has 3 rings (SSSR count). The van der Waals surface area contributed by atoms with E-state index in [-0.39, 0.29) is 10.6 Å². The average molecular weight is 285 g/mol. The molecule has 5 nitrogen and oxygen atoms in total. The molecule has 2 heterocycles. The standard InChI is InChI=1S/C16H19N3O2/c1-11-4-3-7-18(10-11)16-8-12(2)14-9-13(19(20)21)5-6-15(14)17-16/h5-6,8-9,11H,3-4,7,10H2,1-2H3/t11-/m1/s1. The van der Waals surface area contributed by atoms with Crippen LogP contribution >= 0.6 is 0 Å². The summed E-state index contributed by atoms with van der Waals surface area (Å²) in [5.41, 5.74) is 1.98. The van der Waals surface area contributed by atoms with Gasteiger partial charge in [0.1, 0.15) is 5.82 Å². The summed E-state index contributed by atoms with van der Waals surface area (Å²) in [6.45, 7) is 6.33. The molecule has 1 aliphatic rings. The lowest BCUT2D eigenvalue weighted by Crippen LogP contribution is -2.34. The van der Waals surface area contributed by atoms with Gasteiger partial charge in [-0.3, -0.25) is 10.1 Å². The predicted octanol–water partition coefficient (Wildman–Crippen LogP) is 3.69. The van der Waals surface area contributed by atoms with Crippen LogP contribution in [0.15, 0.2) is 24.3 Å². The first-order valence-corrected chi connectivity index (χ1v) is 7.35. The second-order valence-electron chi connectivity index (χ2n) is 5.95. The van der Waals surface area contributed by atoms with Gasteiger partial charge < -0.3 is 4.90 Å². The van der Waals surface area contributed by atoms with Crippen molar-refractivity contribution >= 4 is 22.4 Å². The van der Waals surface area contributed by atoms with Crippen LogP contribution in [0.1, 0.15) is 25.3 Å². The summed E-state index contributed by atoms with van der Waals surface area (Å²) in [6.07, 6.45) is 2.47. The Labute approximate surface area is 123 Å². The molecule has 0 saturated carbocycles. The summed E-state index contributed by atoms with van der Waals surface area (Å²) in [5, 5.41) is 11.7. The quantitative estimate of drug-likeness (QED) is 0.623. The van der Waals surface area contributed by atoms with E-state index in [1.54, 1.807) is 12.1 Å². The highest BCUT2D eigenvalue weighted by Crippen LogP contribution is 2.28. The van der Waals surface area contributed by atoms with Gasteiger partial charge in [-0.25, -0.2) is 4.98 Å². The molecule has 0 spiro atoms.